The third-order valence-electron chi connectivity index (χ3n) is 4.63. The van der Waals surface area contributed by atoms with Gasteiger partial charge in [0.1, 0.15) is 5.54 Å². The lowest BCUT2D eigenvalue weighted by Gasteiger charge is -2.37. The van der Waals surface area contributed by atoms with E-state index in [1.165, 1.54) is 12.8 Å². The van der Waals surface area contributed by atoms with E-state index >= 15 is 0 Å². The van der Waals surface area contributed by atoms with Crippen LogP contribution in [0.1, 0.15) is 25.7 Å². The zero-order valence-electron chi connectivity index (χ0n) is 9.91. The molecule has 3 aliphatic heterocycles. The van der Waals surface area contributed by atoms with Crippen LogP contribution < -0.4 is 10.6 Å². The topological polar surface area (TPSA) is 56.7 Å². The lowest BCUT2D eigenvalue weighted by molar-refractivity contribution is -0.126. The highest BCUT2D eigenvalue weighted by Gasteiger charge is 2.55. The molecule has 3 heterocycles. The van der Waals surface area contributed by atoms with Crippen LogP contribution in [0.3, 0.4) is 0 Å². The normalized spacial score (nSPS) is 46.4. The van der Waals surface area contributed by atoms with Gasteiger partial charge in [-0.05, 0) is 32.2 Å². The van der Waals surface area contributed by atoms with E-state index in [9.17, 15) is 4.79 Å². The molecule has 2 N–H and O–H groups in total. The van der Waals surface area contributed by atoms with Crippen LogP contribution in [0, 0.1) is 5.92 Å². The Morgan fingerprint density at radius 3 is 3.00 bits per heavy atom. The molecule has 5 nitrogen and oxygen atoms in total. The number of amides is 1. The number of fused-ring (bicyclic) bond motifs is 3. The van der Waals surface area contributed by atoms with Crippen LogP contribution in [0.15, 0.2) is 4.99 Å². The number of carbonyl (C=O) groups is 1. The number of rotatable bonds is 1. The predicted octanol–water partition coefficient (Wildman–Crippen LogP) is -0.311. The Kier molecular flexibility index (Phi) is 1.87. The third-order valence-corrected chi connectivity index (χ3v) is 4.63. The smallest absolute Gasteiger partial charge is 0.252 e. The van der Waals surface area contributed by atoms with Gasteiger partial charge < -0.3 is 10.2 Å². The van der Waals surface area contributed by atoms with Gasteiger partial charge in [-0.25, -0.2) is 4.99 Å². The van der Waals surface area contributed by atoms with E-state index in [-0.39, 0.29) is 11.4 Å². The average molecular weight is 234 g/mol. The standard InChI is InChI=1S/C12H18N4O/c17-10-12(4-6-16-5-3-8(12)7-16)15-11(14-10)13-9-1-2-9/h8-9H,1-7H2,(H2,13,14,15,17). The summed E-state index contributed by atoms with van der Waals surface area (Å²) in [6.07, 6.45) is 4.40. The largest absolute Gasteiger partial charge is 0.341 e. The summed E-state index contributed by atoms with van der Waals surface area (Å²) in [5.41, 5.74) is -0.347. The molecule has 3 saturated heterocycles. The van der Waals surface area contributed by atoms with Gasteiger partial charge in [0.25, 0.3) is 5.91 Å². The minimum absolute atomic E-state index is 0.156. The van der Waals surface area contributed by atoms with Gasteiger partial charge in [-0.2, -0.15) is 0 Å². The Morgan fingerprint density at radius 1 is 1.29 bits per heavy atom. The quantitative estimate of drug-likeness (QED) is 0.654. The molecule has 5 heteroatoms. The summed E-state index contributed by atoms with van der Waals surface area (Å²) >= 11 is 0. The highest BCUT2D eigenvalue weighted by atomic mass is 16.2. The number of aliphatic imine (C=N–C) groups is 1. The zero-order chi connectivity index (χ0) is 11.5. The van der Waals surface area contributed by atoms with Crippen molar-refractivity contribution >= 4 is 11.9 Å². The van der Waals surface area contributed by atoms with Gasteiger partial charge in [0.05, 0.1) is 6.04 Å². The number of nitrogens with one attached hydrogen (secondary N) is 2. The predicted molar refractivity (Wildman–Crippen MR) is 63.6 cm³/mol. The molecule has 2 bridgehead atoms. The summed E-state index contributed by atoms with van der Waals surface area (Å²) < 4.78 is 0. The van der Waals surface area contributed by atoms with Crippen LogP contribution in [-0.4, -0.2) is 48.0 Å². The van der Waals surface area contributed by atoms with Crippen LogP contribution in [0.25, 0.3) is 0 Å². The van der Waals surface area contributed by atoms with Crippen molar-refractivity contribution in [2.24, 2.45) is 10.9 Å². The Balaban J connectivity index is 1.62. The van der Waals surface area contributed by atoms with Gasteiger partial charge in [-0.3, -0.25) is 10.1 Å². The minimum Gasteiger partial charge on any atom is -0.341 e. The number of hydrogen-bond donors (Lipinski definition) is 2. The first kappa shape index (κ1) is 9.88. The molecule has 4 rings (SSSR count). The molecule has 1 amide bonds. The monoisotopic (exact) mass is 234 g/mol. The zero-order valence-corrected chi connectivity index (χ0v) is 9.91. The fourth-order valence-corrected chi connectivity index (χ4v) is 3.41. The average Bonchev–Trinajstić information content (AvgIpc) is 2.94. The van der Waals surface area contributed by atoms with E-state index in [4.69, 9.17) is 0 Å². The summed E-state index contributed by atoms with van der Waals surface area (Å²) in [5, 5.41) is 6.37. The van der Waals surface area contributed by atoms with Crippen molar-refractivity contribution in [1.82, 2.24) is 15.5 Å². The summed E-state index contributed by atoms with van der Waals surface area (Å²) in [7, 11) is 0. The molecule has 17 heavy (non-hydrogen) atoms. The molecular weight excluding hydrogens is 216 g/mol. The summed E-state index contributed by atoms with van der Waals surface area (Å²) in [5.74, 6) is 1.35. The first-order chi connectivity index (χ1) is 8.26. The van der Waals surface area contributed by atoms with E-state index < -0.39 is 0 Å². The van der Waals surface area contributed by atoms with Gasteiger partial charge in [0, 0.05) is 19.0 Å². The van der Waals surface area contributed by atoms with Crippen LogP contribution in [0.5, 0.6) is 0 Å². The van der Waals surface area contributed by atoms with Crippen molar-refractivity contribution in [3.63, 3.8) is 0 Å². The van der Waals surface area contributed by atoms with Crippen molar-refractivity contribution in [3.8, 4) is 0 Å². The SMILES string of the molecule is O=C1NC(=NC2CC2)NC12CCN1CCC2C1. The molecule has 1 saturated carbocycles. The maximum absolute atomic E-state index is 12.3. The van der Waals surface area contributed by atoms with Gasteiger partial charge >= 0.3 is 0 Å². The van der Waals surface area contributed by atoms with Crippen LogP contribution >= 0.6 is 0 Å². The third kappa shape index (κ3) is 1.41. The molecule has 0 aromatic carbocycles. The lowest BCUT2D eigenvalue weighted by atomic mass is 9.79. The van der Waals surface area contributed by atoms with Crippen molar-refractivity contribution in [2.75, 3.05) is 19.6 Å². The second-order valence-corrected chi connectivity index (χ2v) is 5.80. The van der Waals surface area contributed by atoms with E-state index in [1.807, 2.05) is 0 Å². The lowest BCUT2D eigenvalue weighted by Crippen LogP contribution is -2.57. The fourth-order valence-electron chi connectivity index (χ4n) is 3.41. The number of carbonyl (C=O) groups excluding carboxylic acids is 1. The summed E-state index contributed by atoms with van der Waals surface area (Å²) in [6.45, 7) is 3.25. The molecule has 3 atom stereocenters. The van der Waals surface area contributed by atoms with Crippen molar-refractivity contribution in [3.05, 3.63) is 0 Å². The van der Waals surface area contributed by atoms with E-state index in [0.29, 0.717) is 12.0 Å². The van der Waals surface area contributed by atoms with Crippen molar-refractivity contribution in [2.45, 2.75) is 37.3 Å². The summed E-state index contributed by atoms with van der Waals surface area (Å²) in [6, 6.07) is 0.455. The highest BCUT2D eigenvalue weighted by Crippen LogP contribution is 2.37. The van der Waals surface area contributed by atoms with E-state index in [1.54, 1.807) is 0 Å². The fraction of sp³-hybridized carbons (Fsp3) is 0.833. The maximum Gasteiger partial charge on any atom is 0.252 e. The molecule has 1 aliphatic carbocycles. The Morgan fingerprint density at radius 2 is 2.18 bits per heavy atom. The number of guanidine groups is 1. The van der Waals surface area contributed by atoms with Crippen molar-refractivity contribution in [1.29, 1.82) is 0 Å². The van der Waals surface area contributed by atoms with Gasteiger partial charge in [-0.15, -0.1) is 0 Å². The van der Waals surface area contributed by atoms with Crippen LogP contribution in [0.2, 0.25) is 0 Å². The highest BCUT2D eigenvalue weighted by molar-refractivity contribution is 6.09. The van der Waals surface area contributed by atoms with Gasteiger partial charge in [0.2, 0.25) is 0 Å². The Bertz CT molecular complexity index is 403. The van der Waals surface area contributed by atoms with E-state index in [0.717, 1.165) is 38.4 Å². The second kappa shape index (κ2) is 3.22. The molecule has 0 radical (unpaired) electrons. The number of piperidine rings is 1. The molecule has 0 aromatic rings. The maximum atomic E-state index is 12.3. The van der Waals surface area contributed by atoms with Gasteiger partial charge in [-0.1, -0.05) is 0 Å². The minimum atomic E-state index is -0.347. The second-order valence-electron chi connectivity index (χ2n) is 5.80. The number of nitrogens with zero attached hydrogens (tertiary/aromatic N) is 2. The molecule has 4 fully saturated rings. The molecule has 3 unspecified atom stereocenters. The Labute approximate surface area is 101 Å². The van der Waals surface area contributed by atoms with Crippen LogP contribution in [0.4, 0.5) is 0 Å². The van der Waals surface area contributed by atoms with Crippen molar-refractivity contribution < 1.29 is 4.79 Å². The molecule has 0 aromatic heterocycles. The first-order valence-corrected chi connectivity index (χ1v) is 6.66. The molecule has 4 aliphatic rings. The van der Waals surface area contributed by atoms with Crippen LogP contribution in [-0.2, 0) is 4.79 Å². The first-order valence-electron chi connectivity index (χ1n) is 6.66. The molecular formula is C12H18N4O. The molecule has 1 spiro atoms. The Hall–Kier alpha value is -1.10. The van der Waals surface area contributed by atoms with E-state index in [2.05, 4.69) is 20.5 Å². The summed E-state index contributed by atoms with van der Waals surface area (Å²) in [4.78, 5) is 19.3. The van der Waals surface area contributed by atoms with Gasteiger partial charge in [0.15, 0.2) is 5.96 Å². The number of hydrogen-bond acceptors (Lipinski definition) is 3. The molecule has 92 valence electrons.